The smallest absolute Gasteiger partial charge is 0.237 e. The molecule has 5 nitrogen and oxygen atoms in total. The van der Waals surface area contributed by atoms with Crippen molar-refractivity contribution in [2.45, 2.75) is 39.2 Å². The molecule has 1 fully saturated rings. The summed E-state index contributed by atoms with van der Waals surface area (Å²) in [4.78, 5) is 24.8. The van der Waals surface area contributed by atoms with E-state index in [0.29, 0.717) is 6.54 Å². The van der Waals surface area contributed by atoms with Crippen LogP contribution in [0.5, 0.6) is 0 Å². The molecule has 2 amide bonds. The van der Waals surface area contributed by atoms with Gasteiger partial charge in [0.1, 0.15) is 0 Å². The summed E-state index contributed by atoms with van der Waals surface area (Å²) in [5.74, 6) is -0.497. The minimum absolute atomic E-state index is 0.0156. The number of hydrogen-bond donors (Lipinski definition) is 2. The number of carbonyl (C=O) groups is 2. The standard InChI is InChI=1S/C11H21N3O2/c1-8(2)14(6-9(13)15)10(16)11(7-12)4-3-5-11/h8H,3-7,12H2,1-2H3,(H2,13,15). The fourth-order valence-electron chi connectivity index (χ4n) is 2.07. The number of amides is 2. The van der Waals surface area contributed by atoms with E-state index in [1.165, 1.54) is 4.90 Å². The van der Waals surface area contributed by atoms with Gasteiger partial charge in [0, 0.05) is 12.6 Å². The van der Waals surface area contributed by atoms with Crippen LogP contribution in [0, 0.1) is 5.41 Å². The fourth-order valence-corrected chi connectivity index (χ4v) is 2.07. The Kier molecular flexibility index (Phi) is 3.91. The predicted molar refractivity (Wildman–Crippen MR) is 61.4 cm³/mol. The summed E-state index contributed by atoms with van der Waals surface area (Å²) in [6.07, 6.45) is 2.68. The van der Waals surface area contributed by atoms with Crippen LogP contribution in [0.1, 0.15) is 33.1 Å². The molecule has 0 heterocycles. The molecule has 92 valence electrons. The average molecular weight is 227 g/mol. The van der Waals surface area contributed by atoms with Gasteiger partial charge in [-0.1, -0.05) is 6.42 Å². The Balaban J connectivity index is 2.78. The first-order chi connectivity index (χ1) is 7.43. The van der Waals surface area contributed by atoms with Crippen LogP contribution in [0.4, 0.5) is 0 Å². The molecule has 0 aliphatic heterocycles. The lowest BCUT2D eigenvalue weighted by Gasteiger charge is -2.43. The van der Waals surface area contributed by atoms with Crippen molar-refractivity contribution in [1.29, 1.82) is 0 Å². The van der Waals surface area contributed by atoms with Crippen molar-refractivity contribution in [3.8, 4) is 0 Å². The largest absolute Gasteiger partial charge is 0.368 e. The lowest BCUT2D eigenvalue weighted by molar-refractivity contribution is -0.150. The van der Waals surface area contributed by atoms with Gasteiger partial charge in [-0.2, -0.15) is 0 Å². The van der Waals surface area contributed by atoms with Gasteiger partial charge in [-0.05, 0) is 26.7 Å². The molecular formula is C11H21N3O2. The molecule has 5 heteroatoms. The molecule has 4 N–H and O–H groups in total. The van der Waals surface area contributed by atoms with Crippen molar-refractivity contribution < 1.29 is 9.59 Å². The summed E-state index contributed by atoms with van der Waals surface area (Å²) in [5, 5.41) is 0. The maximum absolute atomic E-state index is 12.3. The zero-order valence-corrected chi connectivity index (χ0v) is 10.0. The van der Waals surface area contributed by atoms with E-state index in [0.717, 1.165) is 19.3 Å². The molecule has 16 heavy (non-hydrogen) atoms. The van der Waals surface area contributed by atoms with Crippen LogP contribution in [0.2, 0.25) is 0 Å². The summed E-state index contributed by atoms with van der Waals surface area (Å²) in [5.41, 5.74) is 10.4. The number of nitrogens with two attached hydrogens (primary N) is 2. The first kappa shape index (κ1) is 13.0. The van der Waals surface area contributed by atoms with E-state index < -0.39 is 11.3 Å². The van der Waals surface area contributed by atoms with Crippen LogP contribution in [0.25, 0.3) is 0 Å². The Bertz CT molecular complexity index is 279. The van der Waals surface area contributed by atoms with Crippen LogP contribution < -0.4 is 11.5 Å². The third-order valence-corrected chi connectivity index (χ3v) is 3.37. The van der Waals surface area contributed by atoms with Gasteiger partial charge in [-0.15, -0.1) is 0 Å². The average Bonchev–Trinajstić information content (AvgIpc) is 2.12. The monoisotopic (exact) mass is 227 g/mol. The Hall–Kier alpha value is -1.10. The van der Waals surface area contributed by atoms with E-state index in [4.69, 9.17) is 11.5 Å². The van der Waals surface area contributed by atoms with Gasteiger partial charge >= 0.3 is 0 Å². The summed E-state index contributed by atoms with van der Waals surface area (Å²) in [6, 6.07) is -0.0241. The minimum Gasteiger partial charge on any atom is -0.368 e. The molecule has 0 bridgehead atoms. The SMILES string of the molecule is CC(C)N(CC(N)=O)C(=O)C1(CN)CCC1. The van der Waals surface area contributed by atoms with Crippen molar-refractivity contribution >= 4 is 11.8 Å². The summed E-state index contributed by atoms with van der Waals surface area (Å²) >= 11 is 0. The van der Waals surface area contributed by atoms with Gasteiger partial charge in [-0.3, -0.25) is 9.59 Å². The normalized spacial score (nSPS) is 18.0. The molecule has 0 saturated heterocycles. The van der Waals surface area contributed by atoms with E-state index in [2.05, 4.69) is 0 Å². The molecule has 0 atom stereocenters. The van der Waals surface area contributed by atoms with Crippen molar-refractivity contribution in [3.63, 3.8) is 0 Å². The molecular weight excluding hydrogens is 206 g/mol. The molecule has 1 aliphatic rings. The van der Waals surface area contributed by atoms with E-state index in [-0.39, 0.29) is 18.5 Å². The number of primary amides is 1. The van der Waals surface area contributed by atoms with Gasteiger partial charge in [0.25, 0.3) is 0 Å². The second-order valence-corrected chi connectivity index (χ2v) is 4.83. The van der Waals surface area contributed by atoms with E-state index >= 15 is 0 Å². The van der Waals surface area contributed by atoms with Crippen LogP contribution in [0.15, 0.2) is 0 Å². The van der Waals surface area contributed by atoms with Crippen molar-refractivity contribution in [2.24, 2.45) is 16.9 Å². The minimum atomic E-state index is -0.478. The highest BCUT2D eigenvalue weighted by Gasteiger charge is 2.45. The van der Waals surface area contributed by atoms with Gasteiger partial charge in [0.15, 0.2) is 0 Å². The maximum Gasteiger partial charge on any atom is 0.237 e. The lowest BCUT2D eigenvalue weighted by atomic mass is 9.67. The summed E-state index contributed by atoms with van der Waals surface area (Å²) in [7, 11) is 0. The van der Waals surface area contributed by atoms with E-state index in [1.807, 2.05) is 13.8 Å². The fraction of sp³-hybridized carbons (Fsp3) is 0.818. The molecule has 0 aromatic heterocycles. The number of carbonyl (C=O) groups excluding carboxylic acids is 2. The van der Waals surface area contributed by atoms with Crippen LogP contribution in [0.3, 0.4) is 0 Å². The zero-order valence-electron chi connectivity index (χ0n) is 10.0. The first-order valence-corrected chi connectivity index (χ1v) is 5.72. The van der Waals surface area contributed by atoms with Crippen molar-refractivity contribution in [1.82, 2.24) is 4.90 Å². The van der Waals surface area contributed by atoms with Crippen LogP contribution >= 0.6 is 0 Å². The molecule has 0 radical (unpaired) electrons. The number of rotatable bonds is 5. The highest BCUT2D eigenvalue weighted by molar-refractivity contribution is 5.88. The highest BCUT2D eigenvalue weighted by Crippen LogP contribution is 2.41. The molecule has 1 saturated carbocycles. The van der Waals surface area contributed by atoms with Crippen LogP contribution in [-0.4, -0.2) is 35.8 Å². The molecule has 1 rings (SSSR count). The Labute approximate surface area is 96.1 Å². The van der Waals surface area contributed by atoms with Crippen molar-refractivity contribution in [2.75, 3.05) is 13.1 Å². The second kappa shape index (κ2) is 4.82. The Morgan fingerprint density at radius 1 is 1.38 bits per heavy atom. The molecule has 0 unspecified atom stereocenters. The van der Waals surface area contributed by atoms with Gasteiger partial charge in [-0.25, -0.2) is 0 Å². The molecule has 1 aliphatic carbocycles. The van der Waals surface area contributed by atoms with E-state index in [1.54, 1.807) is 0 Å². The molecule has 0 aromatic rings. The van der Waals surface area contributed by atoms with Gasteiger partial charge in [0.2, 0.25) is 11.8 Å². The summed E-state index contributed by atoms with van der Waals surface area (Å²) in [6.45, 7) is 4.10. The third kappa shape index (κ3) is 2.35. The number of hydrogen-bond acceptors (Lipinski definition) is 3. The van der Waals surface area contributed by atoms with Gasteiger partial charge in [0.05, 0.1) is 12.0 Å². The lowest BCUT2D eigenvalue weighted by Crippen LogP contribution is -2.55. The number of nitrogens with zero attached hydrogens (tertiary/aromatic N) is 1. The second-order valence-electron chi connectivity index (χ2n) is 4.83. The Morgan fingerprint density at radius 2 is 1.94 bits per heavy atom. The first-order valence-electron chi connectivity index (χ1n) is 5.72. The predicted octanol–water partition coefficient (Wildman–Crippen LogP) is -0.162. The quantitative estimate of drug-likeness (QED) is 0.683. The Morgan fingerprint density at radius 3 is 2.19 bits per heavy atom. The van der Waals surface area contributed by atoms with Gasteiger partial charge < -0.3 is 16.4 Å². The third-order valence-electron chi connectivity index (χ3n) is 3.37. The topological polar surface area (TPSA) is 89.4 Å². The van der Waals surface area contributed by atoms with E-state index in [9.17, 15) is 9.59 Å². The van der Waals surface area contributed by atoms with Crippen LogP contribution in [-0.2, 0) is 9.59 Å². The van der Waals surface area contributed by atoms with Crippen molar-refractivity contribution in [3.05, 3.63) is 0 Å². The maximum atomic E-state index is 12.3. The zero-order chi connectivity index (χ0) is 12.3. The molecule has 0 spiro atoms. The molecule has 0 aromatic carbocycles. The highest BCUT2D eigenvalue weighted by atomic mass is 16.2. The summed E-state index contributed by atoms with van der Waals surface area (Å²) < 4.78 is 0.